The average Bonchev–Trinajstić information content (AvgIpc) is 2.97. The first-order valence-corrected chi connectivity index (χ1v) is 13.3. The van der Waals surface area contributed by atoms with E-state index in [0.717, 1.165) is 33.9 Å². The summed E-state index contributed by atoms with van der Waals surface area (Å²) in [6.45, 7) is 6.23. The molecule has 0 saturated carbocycles. The van der Waals surface area contributed by atoms with Crippen LogP contribution in [-0.2, 0) is 11.2 Å². The first kappa shape index (κ1) is 28.2. The van der Waals surface area contributed by atoms with Gasteiger partial charge in [0.25, 0.3) is 11.8 Å². The van der Waals surface area contributed by atoms with Crippen molar-refractivity contribution in [3.63, 3.8) is 0 Å². The summed E-state index contributed by atoms with van der Waals surface area (Å²) in [6, 6.07) is 29.2. The van der Waals surface area contributed by atoms with Crippen LogP contribution in [0.2, 0.25) is 0 Å². The summed E-state index contributed by atoms with van der Waals surface area (Å²) in [4.78, 5) is 27.0. The molecular formula is C33H35N3O4. The Kier molecular flexibility index (Phi) is 9.41. The van der Waals surface area contributed by atoms with Gasteiger partial charge in [0.15, 0.2) is 0 Å². The molecule has 7 heteroatoms. The maximum atomic E-state index is 13.8. The van der Waals surface area contributed by atoms with E-state index in [0.29, 0.717) is 24.3 Å². The number of nitrogens with one attached hydrogen (secondary N) is 2. The van der Waals surface area contributed by atoms with Crippen LogP contribution >= 0.6 is 0 Å². The molecule has 7 nitrogen and oxygen atoms in total. The summed E-state index contributed by atoms with van der Waals surface area (Å²) in [5.41, 5.74) is 7.42. The summed E-state index contributed by atoms with van der Waals surface area (Å²) in [5.74, 6) is 1.61. The molecule has 4 aromatic rings. The van der Waals surface area contributed by atoms with E-state index in [1.165, 1.54) is 5.01 Å². The largest absolute Gasteiger partial charge is 0.497 e. The molecule has 4 aromatic carbocycles. The number of hydrazine groups is 1. The third-order valence-electron chi connectivity index (χ3n) is 6.44. The maximum Gasteiger partial charge on any atom is 0.263 e. The number of nitrogens with zero attached hydrogens (tertiary/aromatic N) is 1. The van der Waals surface area contributed by atoms with Crippen molar-refractivity contribution in [2.75, 3.05) is 19.1 Å². The van der Waals surface area contributed by atoms with Crippen LogP contribution in [0.25, 0.3) is 0 Å². The fourth-order valence-corrected chi connectivity index (χ4v) is 4.20. The minimum absolute atomic E-state index is 0.251. The Labute approximate surface area is 235 Å². The number of anilines is 1. The molecule has 4 rings (SSSR count). The van der Waals surface area contributed by atoms with Gasteiger partial charge in [0.05, 0.1) is 12.8 Å². The molecule has 0 radical (unpaired) electrons. The van der Waals surface area contributed by atoms with Crippen LogP contribution in [0, 0.1) is 13.8 Å². The van der Waals surface area contributed by atoms with Gasteiger partial charge in [-0.25, -0.2) is 0 Å². The van der Waals surface area contributed by atoms with Gasteiger partial charge in [-0.3, -0.25) is 20.0 Å². The molecule has 0 fully saturated rings. The molecule has 0 aliphatic carbocycles. The van der Waals surface area contributed by atoms with Crippen molar-refractivity contribution < 1.29 is 19.1 Å². The Balaban J connectivity index is 1.53. The predicted molar refractivity (Wildman–Crippen MR) is 158 cm³/mol. The molecule has 0 spiro atoms. The number of aryl methyl sites for hydroxylation is 2. The SMILES string of the molecule is CCN(Nc1ccc(OC)cc1)C(=O)C(Cc1ccc(Oc2ccc(C)cc2)cc1)NC(=O)c1cccc(C)c1. The van der Waals surface area contributed by atoms with Crippen LogP contribution in [0.1, 0.15) is 34.0 Å². The van der Waals surface area contributed by atoms with Crippen LogP contribution in [0.15, 0.2) is 97.1 Å². The molecule has 206 valence electrons. The number of amides is 2. The number of hydrogen-bond donors (Lipinski definition) is 2. The van der Waals surface area contributed by atoms with Crippen molar-refractivity contribution >= 4 is 17.5 Å². The number of rotatable bonds is 11. The van der Waals surface area contributed by atoms with Gasteiger partial charge in [-0.05, 0) is 87.0 Å². The van der Waals surface area contributed by atoms with Gasteiger partial charge in [-0.15, -0.1) is 0 Å². The van der Waals surface area contributed by atoms with Gasteiger partial charge in [0, 0.05) is 18.5 Å². The molecule has 0 aliphatic rings. The van der Waals surface area contributed by atoms with Crippen molar-refractivity contribution in [3.05, 3.63) is 119 Å². The highest BCUT2D eigenvalue weighted by Gasteiger charge is 2.26. The zero-order valence-electron chi connectivity index (χ0n) is 23.3. The lowest BCUT2D eigenvalue weighted by Crippen LogP contribution is -2.51. The van der Waals surface area contributed by atoms with E-state index in [-0.39, 0.29) is 11.8 Å². The first-order valence-electron chi connectivity index (χ1n) is 13.3. The molecule has 2 amide bonds. The predicted octanol–water partition coefficient (Wildman–Crippen LogP) is 6.32. The van der Waals surface area contributed by atoms with Crippen LogP contribution in [0.3, 0.4) is 0 Å². The van der Waals surface area contributed by atoms with Gasteiger partial charge in [0.2, 0.25) is 0 Å². The zero-order chi connectivity index (χ0) is 28.5. The van der Waals surface area contributed by atoms with E-state index in [1.807, 2.05) is 106 Å². The van der Waals surface area contributed by atoms with Crippen molar-refractivity contribution in [3.8, 4) is 17.2 Å². The number of carbonyl (C=O) groups is 2. The van der Waals surface area contributed by atoms with Gasteiger partial charge in [-0.1, -0.05) is 47.5 Å². The lowest BCUT2D eigenvalue weighted by atomic mass is 10.0. The van der Waals surface area contributed by atoms with Crippen molar-refractivity contribution in [1.82, 2.24) is 10.3 Å². The molecule has 0 bridgehead atoms. The molecule has 1 atom stereocenters. The molecular weight excluding hydrogens is 502 g/mol. The maximum absolute atomic E-state index is 13.8. The summed E-state index contributed by atoms with van der Waals surface area (Å²) in [6.07, 6.45) is 0.308. The summed E-state index contributed by atoms with van der Waals surface area (Å²) < 4.78 is 11.2. The van der Waals surface area contributed by atoms with Crippen LogP contribution < -0.4 is 20.2 Å². The Hall–Kier alpha value is -4.78. The average molecular weight is 538 g/mol. The molecule has 1 unspecified atom stereocenters. The van der Waals surface area contributed by atoms with Gasteiger partial charge in [0.1, 0.15) is 23.3 Å². The zero-order valence-corrected chi connectivity index (χ0v) is 23.3. The topological polar surface area (TPSA) is 79.9 Å². The molecule has 0 aliphatic heterocycles. The Morgan fingerprint density at radius 1 is 0.800 bits per heavy atom. The number of benzene rings is 4. The summed E-state index contributed by atoms with van der Waals surface area (Å²) >= 11 is 0. The number of ether oxygens (including phenoxy) is 2. The highest BCUT2D eigenvalue weighted by atomic mass is 16.5. The monoisotopic (exact) mass is 537 g/mol. The molecule has 40 heavy (non-hydrogen) atoms. The van der Waals surface area contributed by atoms with Gasteiger partial charge in [-0.2, -0.15) is 0 Å². The van der Waals surface area contributed by atoms with E-state index in [2.05, 4.69) is 10.7 Å². The molecule has 0 heterocycles. The molecule has 0 aromatic heterocycles. The summed E-state index contributed by atoms with van der Waals surface area (Å²) in [7, 11) is 1.60. The lowest BCUT2D eigenvalue weighted by molar-refractivity contribution is -0.131. The Morgan fingerprint density at radius 2 is 1.43 bits per heavy atom. The smallest absolute Gasteiger partial charge is 0.263 e. The van der Waals surface area contributed by atoms with E-state index in [1.54, 1.807) is 19.2 Å². The van der Waals surface area contributed by atoms with Crippen LogP contribution in [0.4, 0.5) is 5.69 Å². The first-order chi connectivity index (χ1) is 19.3. The third-order valence-corrected chi connectivity index (χ3v) is 6.44. The molecule has 0 saturated heterocycles. The number of likely N-dealkylation sites (N-methyl/N-ethyl adjacent to an activating group) is 1. The number of hydrogen-bond acceptors (Lipinski definition) is 5. The quantitative estimate of drug-likeness (QED) is 0.219. The van der Waals surface area contributed by atoms with Crippen molar-refractivity contribution in [1.29, 1.82) is 0 Å². The van der Waals surface area contributed by atoms with Crippen molar-refractivity contribution in [2.45, 2.75) is 33.2 Å². The Bertz CT molecular complexity index is 1420. The standard InChI is InChI=1S/C33H35N3O4/c1-5-36(35-27-13-19-28(39-4)20-14-27)33(38)31(34-32(37)26-8-6-7-24(3)21-26)22-25-11-17-30(18-12-25)40-29-15-9-23(2)10-16-29/h6-21,31,35H,5,22H2,1-4H3,(H,34,37). The Morgan fingerprint density at radius 3 is 2.02 bits per heavy atom. The second-order valence-electron chi connectivity index (χ2n) is 9.58. The fourth-order valence-electron chi connectivity index (χ4n) is 4.20. The van der Waals surface area contributed by atoms with Crippen LogP contribution in [0.5, 0.6) is 17.2 Å². The normalized spacial score (nSPS) is 11.3. The van der Waals surface area contributed by atoms with E-state index < -0.39 is 6.04 Å². The third kappa shape index (κ3) is 7.63. The van der Waals surface area contributed by atoms with Gasteiger partial charge >= 0.3 is 0 Å². The second-order valence-corrected chi connectivity index (χ2v) is 9.58. The van der Waals surface area contributed by atoms with Gasteiger partial charge < -0.3 is 14.8 Å². The highest BCUT2D eigenvalue weighted by molar-refractivity contribution is 5.98. The highest BCUT2D eigenvalue weighted by Crippen LogP contribution is 2.23. The van der Waals surface area contributed by atoms with E-state index in [9.17, 15) is 9.59 Å². The second kappa shape index (κ2) is 13.3. The number of methoxy groups -OCH3 is 1. The molecule has 2 N–H and O–H groups in total. The van der Waals surface area contributed by atoms with Crippen LogP contribution in [-0.4, -0.2) is 36.5 Å². The summed E-state index contributed by atoms with van der Waals surface area (Å²) in [5, 5.41) is 4.48. The van der Waals surface area contributed by atoms with E-state index in [4.69, 9.17) is 9.47 Å². The van der Waals surface area contributed by atoms with E-state index >= 15 is 0 Å². The number of carbonyl (C=O) groups excluding carboxylic acids is 2. The fraction of sp³-hybridized carbons (Fsp3) is 0.212. The minimum atomic E-state index is -0.803. The lowest BCUT2D eigenvalue weighted by Gasteiger charge is -2.28. The van der Waals surface area contributed by atoms with Crippen molar-refractivity contribution in [2.24, 2.45) is 0 Å². The minimum Gasteiger partial charge on any atom is -0.497 e.